The molecule has 10 nitrogen and oxygen atoms in total. The van der Waals surface area contributed by atoms with E-state index in [0.717, 1.165) is 5.06 Å². The van der Waals surface area contributed by atoms with E-state index in [9.17, 15) is 8.42 Å². The van der Waals surface area contributed by atoms with Gasteiger partial charge in [-0.15, -0.1) is 4.28 Å². The SMILES string of the molecule is NC1=NOS(=O)(=O)ON1CCNCc1ncccn1. The second-order valence-corrected chi connectivity index (χ2v) is 4.57. The van der Waals surface area contributed by atoms with E-state index >= 15 is 0 Å². The normalized spacial score (nSPS) is 17.7. The number of aromatic nitrogens is 2. The lowest BCUT2D eigenvalue weighted by atomic mass is 10.5. The van der Waals surface area contributed by atoms with Gasteiger partial charge in [0.2, 0.25) is 0 Å². The summed E-state index contributed by atoms with van der Waals surface area (Å²) in [5, 5.41) is 7.07. The summed E-state index contributed by atoms with van der Waals surface area (Å²) >= 11 is 0. The average Bonchev–Trinajstić information content (AvgIpc) is 2.40. The largest absolute Gasteiger partial charge is 0.491 e. The van der Waals surface area contributed by atoms with Gasteiger partial charge in [-0.1, -0.05) is 0 Å². The van der Waals surface area contributed by atoms with Gasteiger partial charge < -0.3 is 11.1 Å². The highest BCUT2D eigenvalue weighted by Gasteiger charge is 2.26. The molecule has 2 heterocycles. The molecule has 0 saturated heterocycles. The Labute approximate surface area is 109 Å². The first-order valence-electron chi connectivity index (χ1n) is 5.27. The second-order valence-electron chi connectivity index (χ2n) is 3.45. The monoisotopic (exact) mass is 288 g/mol. The molecule has 1 aromatic heterocycles. The van der Waals surface area contributed by atoms with Crippen molar-refractivity contribution in [3.63, 3.8) is 0 Å². The standard InChI is InChI=1S/C8H12N6O4S/c9-8-13-17-19(15,16)18-14(8)5-4-10-6-7-11-2-1-3-12-7/h1-3,10H,4-6H2,(H2,9,13). The molecule has 0 radical (unpaired) electrons. The summed E-state index contributed by atoms with van der Waals surface area (Å²) in [5.74, 6) is 0.451. The van der Waals surface area contributed by atoms with E-state index < -0.39 is 10.4 Å². The second kappa shape index (κ2) is 5.77. The van der Waals surface area contributed by atoms with Crippen molar-refractivity contribution in [2.45, 2.75) is 6.54 Å². The topological polar surface area (TPSA) is 132 Å². The van der Waals surface area contributed by atoms with Gasteiger partial charge in [0.05, 0.1) is 13.1 Å². The Morgan fingerprint density at radius 3 is 2.84 bits per heavy atom. The molecule has 1 aliphatic heterocycles. The van der Waals surface area contributed by atoms with E-state index in [1.807, 2.05) is 0 Å². The van der Waals surface area contributed by atoms with Gasteiger partial charge in [0.25, 0.3) is 5.96 Å². The summed E-state index contributed by atoms with van der Waals surface area (Å²) in [4.78, 5) is 8.04. The first-order valence-corrected chi connectivity index (χ1v) is 6.61. The third-order valence-corrected chi connectivity index (χ3v) is 2.67. The van der Waals surface area contributed by atoms with Crippen molar-refractivity contribution in [2.24, 2.45) is 10.9 Å². The van der Waals surface area contributed by atoms with E-state index in [2.05, 4.69) is 29.0 Å². The summed E-state index contributed by atoms with van der Waals surface area (Å²) < 4.78 is 30.5. The van der Waals surface area contributed by atoms with Gasteiger partial charge in [0.1, 0.15) is 5.82 Å². The van der Waals surface area contributed by atoms with Crippen LogP contribution in [0.15, 0.2) is 23.6 Å². The molecule has 104 valence electrons. The molecule has 0 fully saturated rings. The van der Waals surface area contributed by atoms with Crippen LogP contribution in [0.3, 0.4) is 0 Å². The van der Waals surface area contributed by atoms with E-state index in [0.29, 0.717) is 18.9 Å². The van der Waals surface area contributed by atoms with Crippen molar-refractivity contribution in [1.29, 1.82) is 0 Å². The maximum absolute atomic E-state index is 11.0. The van der Waals surface area contributed by atoms with Crippen LogP contribution in [0.2, 0.25) is 0 Å². The molecular formula is C8H12N6O4S. The summed E-state index contributed by atoms with van der Waals surface area (Å²) in [7, 11) is -4.15. The van der Waals surface area contributed by atoms with Gasteiger partial charge in [-0.05, 0) is 11.2 Å². The summed E-state index contributed by atoms with van der Waals surface area (Å²) in [6, 6.07) is 1.72. The zero-order valence-electron chi connectivity index (χ0n) is 9.76. The molecule has 11 heteroatoms. The smallest absolute Gasteiger partial charge is 0.365 e. The molecule has 0 aliphatic carbocycles. The lowest BCUT2D eigenvalue weighted by Crippen LogP contribution is -2.45. The Morgan fingerprint density at radius 2 is 2.11 bits per heavy atom. The number of nitrogens with zero attached hydrogens (tertiary/aromatic N) is 4. The van der Waals surface area contributed by atoms with E-state index in [-0.39, 0.29) is 12.5 Å². The third-order valence-electron chi connectivity index (χ3n) is 2.05. The minimum atomic E-state index is -4.15. The highest BCUT2D eigenvalue weighted by atomic mass is 32.3. The van der Waals surface area contributed by atoms with Crippen LogP contribution in [0.5, 0.6) is 0 Å². The van der Waals surface area contributed by atoms with Crippen LogP contribution in [-0.4, -0.2) is 42.5 Å². The molecule has 0 aromatic carbocycles. The van der Waals surface area contributed by atoms with Crippen molar-refractivity contribution >= 4 is 16.4 Å². The van der Waals surface area contributed by atoms with E-state index in [1.165, 1.54) is 0 Å². The Hall–Kier alpha value is -1.98. The van der Waals surface area contributed by atoms with Crippen LogP contribution in [0.4, 0.5) is 0 Å². The molecule has 0 amide bonds. The van der Waals surface area contributed by atoms with Crippen molar-refractivity contribution in [2.75, 3.05) is 13.1 Å². The van der Waals surface area contributed by atoms with Crippen LogP contribution in [0, 0.1) is 0 Å². The highest BCUT2D eigenvalue weighted by Crippen LogP contribution is 2.07. The van der Waals surface area contributed by atoms with Crippen LogP contribution < -0.4 is 11.1 Å². The lowest BCUT2D eigenvalue weighted by molar-refractivity contribution is -0.0125. The highest BCUT2D eigenvalue weighted by molar-refractivity contribution is 7.81. The maximum Gasteiger partial charge on any atom is 0.491 e. The number of rotatable bonds is 5. The molecule has 3 N–H and O–H groups in total. The summed E-state index contributed by atoms with van der Waals surface area (Å²) in [5.41, 5.74) is 5.40. The molecule has 1 aliphatic rings. The molecule has 1 aromatic rings. The molecule has 2 rings (SSSR count). The van der Waals surface area contributed by atoms with Gasteiger partial charge in [0.15, 0.2) is 0 Å². The number of hydrogen-bond donors (Lipinski definition) is 2. The zero-order chi connectivity index (χ0) is 13.7. The summed E-state index contributed by atoms with van der Waals surface area (Å²) in [6.45, 7) is 1.00. The fraction of sp³-hybridized carbons (Fsp3) is 0.375. The van der Waals surface area contributed by atoms with Crippen LogP contribution in [0.1, 0.15) is 5.82 Å². The van der Waals surface area contributed by atoms with E-state index in [1.54, 1.807) is 18.5 Å². The Balaban J connectivity index is 1.77. The molecular weight excluding hydrogens is 276 g/mol. The minimum absolute atomic E-state index is 0.171. The molecule has 0 bridgehead atoms. The predicted molar refractivity (Wildman–Crippen MR) is 63.2 cm³/mol. The predicted octanol–water partition coefficient (Wildman–Crippen LogP) is -1.70. The van der Waals surface area contributed by atoms with Gasteiger partial charge >= 0.3 is 10.4 Å². The Kier molecular flexibility index (Phi) is 4.09. The van der Waals surface area contributed by atoms with Crippen LogP contribution in [-0.2, 0) is 25.5 Å². The number of nitrogens with one attached hydrogen (secondary N) is 1. The fourth-order valence-corrected chi connectivity index (χ4v) is 1.81. The number of hydrogen-bond acceptors (Lipinski definition) is 10. The van der Waals surface area contributed by atoms with Crippen LogP contribution in [0.25, 0.3) is 0 Å². The van der Waals surface area contributed by atoms with Crippen molar-refractivity contribution in [3.8, 4) is 0 Å². The van der Waals surface area contributed by atoms with Gasteiger partial charge in [-0.2, -0.15) is 13.5 Å². The molecule has 0 spiro atoms. The number of nitrogens with two attached hydrogens (primary N) is 1. The lowest BCUT2D eigenvalue weighted by Gasteiger charge is -2.23. The van der Waals surface area contributed by atoms with Crippen molar-refractivity contribution < 1.29 is 17.0 Å². The first kappa shape index (κ1) is 13.5. The number of hydroxylamine groups is 2. The van der Waals surface area contributed by atoms with Crippen molar-refractivity contribution in [1.82, 2.24) is 20.3 Å². The van der Waals surface area contributed by atoms with Gasteiger partial charge in [-0.25, -0.2) is 14.3 Å². The fourth-order valence-electron chi connectivity index (χ4n) is 1.25. The molecule has 0 atom stereocenters. The van der Waals surface area contributed by atoms with Crippen molar-refractivity contribution in [3.05, 3.63) is 24.3 Å². The Bertz CT molecular complexity index is 548. The molecule has 0 saturated carbocycles. The Morgan fingerprint density at radius 1 is 1.37 bits per heavy atom. The zero-order valence-corrected chi connectivity index (χ0v) is 10.6. The third kappa shape index (κ3) is 4.01. The number of guanidine groups is 1. The first-order chi connectivity index (χ1) is 9.07. The average molecular weight is 288 g/mol. The number of oxime groups is 1. The van der Waals surface area contributed by atoms with E-state index in [4.69, 9.17) is 5.73 Å². The quantitative estimate of drug-likeness (QED) is 0.608. The van der Waals surface area contributed by atoms with Gasteiger partial charge in [0, 0.05) is 18.9 Å². The molecule has 19 heavy (non-hydrogen) atoms. The maximum atomic E-state index is 11.0. The van der Waals surface area contributed by atoms with Gasteiger partial charge in [-0.3, -0.25) is 0 Å². The molecule has 0 unspecified atom stereocenters. The van der Waals surface area contributed by atoms with Crippen LogP contribution >= 0.6 is 0 Å². The summed E-state index contributed by atoms with van der Waals surface area (Å²) in [6.07, 6.45) is 3.26. The minimum Gasteiger partial charge on any atom is -0.365 e.